The van der Waals surface area contributed by atoms with Crippen molar-refractivity contribution in [1.82, 2.24) is 0 Å². The molecule has 0 aliphatic carbocycles. The molecular weight excluding hydrogens is 298 g/mol. The van der Waals surface area contributed by atoms with Crippen LogP contribution in [-0.4, -0.2) is 71.4 Å². The number of Topliss-reactive ketones (excluding diaryl/α,β-unsaturated/α-hetero) is 1. The van der Waals surface area contributed by atoms with E-state index < -0.39 is 35.8 Å². The van der Waals surface area contributed by atoms with Crippen LogP contribution in [0, 0.1) is 10.1 Å². The Morgan fingerprint density at radius 2 is 1.91 bits per heavy atom. The Morgan fingerprint density at radius 3 is 2.23 bits per heavy atom. The predicted molar refractivity (Wildman–Crippen MR) is 75.4 cm³/mol. The van der Waals surface area contributed by atoms with Gasteiger partial charge in [0.15, 0.2) is 6.17 Å². The lowest BCUT2D eigenvalue weighted by atomic mass is 9.90. The van der Waals surface area contributed by atoms with Crippen LogP contribution in [0.25, 0.3) is 0 Å². The van der Waals surface area contributed by atoms with Gasteiger partial charge < -0.3 is 19.7 Å². The normalized spacial score (nSPS) is 25.8. The molecule has 1 unspecified atom stereocenters. The van der Waals surface area contributed by atoms with Crippen molar-refractivity contribution in [3.63, 3.8) is 0 Å². The third kappa shape index (κ3) is 3.39. The van der Waals surface area contributed by atoms with Crippen LogP contribution in [-0.2, 0) is 14.3 Å². The number of methoxy groups -OCH3 is 2. The summed E-state index contributed by atoms with van der Waals surface area (Å²) in [7, 11) is 2.37. The summed E-state index contributed by atoms with van der Waals surface area (Å²) in [5, 5.41) is 30.2. The standard InChI is InChI=1S/C12H19N3O7/c1-7(17)4-9-13-10(21-2)12(15(19)20,5-8(18)6-16)11(14-9)22-3/h8-9,16,18H,4-6H2,1-3H3. The van der Waals surface area contributed by atoms with Crippen LogP contribution in [0.3, 0.4) is 0 Å². The molecule has 0 spiro atoms. The van der Waals surface area contributed by atoms with Crippen LogP contribution < -0.4 is 0 Å². The first-order valence-corrected chi connectivity index (χ1v) is 6.49. The third-order valence-electron chi connectivity index (χ3n) is 3.15. The number of rotatable bonds is 6. The second kappa shape index (κ2) is 7.27. The van der Waals surface area contributed by atoms with Crippen molar-refractivity contribution < 1.29 is 29.4 Å². The second-order valence-electron chi connectivity index (χ2n) is 4.82. The van der Waals surface area contributed by atoms with Crippen molar-refractivity contribution >= 4 is 17.6 Å². The highest BCUT2D eigenvalue weighted by molar-refractivity contribution is 6.09. The van der Waals surface area contributed by atoms with Crippen molar-refractivity contribution in [2.24, 2.45) is 9.98 Å². The molecular formula is C12H19N3O7. The van der Waals surface area contributed by atoms with Gasteiger partial charge in [0.2, 0.25) is 0 Å². The Morgan fingerprint density at radius 1 is 1.41 bits per heavy atom. The highest BCUT2D eigenvalue weighted by atomic mass is 16.6. The third-order valence-corrected chi connectivity index (χ3v) is 3.15. The summed E-state index contributed by atoms with van der Waals surface area (Å²) in [6.45, 7) is 0.662. The van der Waals surface area contributed by atoms with Crippen LogP contribution >= 0.6 is 0 Å². The average Bonchev–Trinajstić information content (AvgIpc) is 2.46. The number of aliphatic hydroxyl groups excluding tert-OH is 2. The van der Waals surface area contributed by atoms with Gasteiger partial charge in [-0.25, -0.2) is 9.98 Å². The minimum Gasteiger partial charge on any atom is -0.479 e. The molecule has 2 N–H and O–H groups in total. The number of aliphatic imine (C=N–C) groups is 2. The molecule has 0 aromatic rings. The molecule has 22 heavy (non-hydrogen) atoms. The summed E-state index contributed by atoms with van der Waals surface area (Å²) in [5.74, 6) is -0.862. The van der Waals surface area contributed by atoms with E-state index in [0.717, 1.165) is 0 Å². The molecule has 0 saturated carbocycles. The summed E-state index contributed by atoms with van der Waals surface area (Å²) >= 11 is 0. The summed E-state index contributed by atoms with van der Waals surface area (Å²) in [4.78, 5) is 30.0. The van der Waals surface area contributed by atoms with Crippen LogP contribution in [0.5, 0.6) is 0 Å². The van der Waals surface area contributed by atoms with E-state index >= 15 is 0 Å². The summed E-state index contributed by atoms with van der Waals surface area (Å²) in [6.07, 6.45) is -2.86. The molecule has 1 rings (SSSR count). The van der Waals surface area contributed by atoms with Crippen LogP contribution in [0.2, 0.25) is 0 Å². The first-order valence-electron chi connectivity index (χ1n) is 6.49. The van der Waals surface area contributed by atoms with Gasteiger partial charge in [-0.15, -0.1) is 0 Å². The van der Waals surface area contributed by atoms with Crippen molar-refractivity contribution in [2.45, 2.75) is 37.6 Å². The Kier molecular flexibility index (Phi) is 5.94. The quantitative estimate of drug-likeness (QED) is 0.479. The van der Waals surface area contributed by atoms with Gasteiger partial charge in [-0.1, -0.05) is 0 Å². The molecule has 10 nitrogen and oxygen atoms in total. The van der Waals surface area contributed by atoms with Gasteiger partial charge in [-0.3, -0.25) is 14.9 Å². The number of aliphatic hydroxyl groups is 2. The maximum Gasteiger partial charge on any atom is 0.371 e. The van der Waals surface area contributed by atoms with E-state index in [2.05, 4.69) is 9.98 Å². The zero-order valence-corrected chi connectivity index (χ0v) is 12.6. The Bertz CT molecular complexity index is 481. The fourth-order valence-corrected chi connectivity index (χ4v) is 2.21. The topological polar surface area (TPSA) is 144 Å². The van der Waals surface area contributed by atoms with E-state index in [0.29, 0.717) is 0 Å². The first kappa shape index (κ1) is 18.0. The number of carbonyl (C=O) groups is 1. The zero-order chi connectivity index (χ0) is 16.9. The molecule has 1 atom stereocenters. The number of ether oxygens (including phenoxy) is 2. The summed E-state index contributed by atoms with van der Waals surface area (Å²) in [5.41, 5.74) is -2.14. The molecule has 124 valence electrons. The number of hydrogen-bond donors (Lipinski definition) is 2. The van der Waals surface area contributed by atoms with E-state index in [1.165, 1.54) is 21.1 Å². The SMILES string of the molecule is COC1=NC(CC(C)=O)N=C(OC)C1(CC(O)CO)[N+](=O)[O-]. The van der Waals surface area contributed by atoms with Gasteiger partial charge in [-0.2, -0.15) is 0 Å². The maximum atomic E-state index is 11.6. The lowest BCUT2D eigenvalue weighted by Crippen LogP contribution is -2.59. The molecule has 0 bridgehead atoms. The number of ketones is 1. The molecule has 0 aromatic carbocycles. The predicted octanol–water partition coefficient (Wildman–Crippen LogP) is -0.846. The molecule has 1 aliphatic rings. The molecule has 0 saturated heterocycles. The first-order chi connectivity index (χ1) is 10.3. The molecule has 0 aromatic heterocycles. The fraction of sp³-hybridized carbons (Fsp3) is 0.750. The van der Waals surface area contributed by atoms with E-state index in [1.807, 2.05) is 0 Å². The van der Waals surface area contributed by atoms with Gasteiger partial charge in [0, 0.05) is 11.3 Å². The monoisotopic (exact) mass is 317 g/mol. The largest absolute Gasteiger partial charge is 0.479 e. The Labute approximate surface area is 126 Å². The minimum atomic E-state index is -2.14. The van der Waals surface area contributed by atoms with Crippen molar-refractivity contribution in [3.05, 3.63) is 10.1 Å². The molecule has 0 amide bonds. The summed E-state index contributed by atoms with van der Waals surface area (Å²) < 4.78 is 10.0. The number of nitrogens with zero attached hydrogens (tertiary/aromatic N) is 3. The number of hydrogen-bond acceptors (Lipinski definition) is 9. The minimum absolute atomic E-state index is 0.0595. The maximum absolute atomic E-state index is 11.6. The number of carbonyl (C=O) groups excluding carboxylic acids is 1. The summed E-state index contributed by atoms with van der Waals surface area (Å²) in [6, 6.07) is 0. The Hall–Kier alpha value is -2.07. The highest BCUT2D eigenvalue weighted by Gasteiger charge is 2.60. The fourth-order valence-electron chi connectivity index (χ4n) is 2.21. The van der Waals surface area contributed by atoms with Crippen LogP contribution in [0.1, 0.15) is 19.8 Å². The van der Waals surface area contributed by atoms with E-state index in [4.69, 9.17) is 14.6 Å². The zero-order valence-electron chi connectivity index (χ0n) is 12.6. The molecule has 0 radical (unpaired) electrons. The van der Waals surface area contributed by atoms with Crippen LogP contribution in [0.15, 0.2) is 9.98 Å². The second-order valence-corrected chi connectivity index (χ2v) is 4.82. The molecule has 1 aliphatic heterocycles. The number of nitro groups is 1. The van der Waals surface area contributed by atoms with E-state index in [9.17, 15) is 20.0 Å². The lowest BCUT2D eigenvalue weighted by molar-refractivity contribution is -0.534. The van der Waals surface area contributed by atoms with Gasteiger partial charge in [0.1, 0.15) is 5.78 Å². The Balaban J connectivity index is 3.36. The van der Waals surface area contributed by atoms with Gasteiger partial charge in [-0.05, 0) is 6.92 Å². The van der Waals surface area contributed by atoms with Gasteiger partial charge in [0.25, 0.3) is 11.8 Å². The highest BCUT2D eigenvalue weighted by Crippen LogP contribution is 2.28. The molecule has 0 fully saturated rings. The molecule has 1 heterocycles. The average molecular weight is 317 g/mol. The van der Waals surface area contributed by atoms with Crippen molar-refractivity contribution in [1.29, 1.82) is 0 Å². The van der Waals surface area contributed by atoms with Crippen molar-refractivity contribution in [2.75, 3.05) is 20.8 Å². The van der Waals surface area contributed by atoms with E-state index in [-0.39, 0.29) is 24.0 Å². The van der Waals surface area contributed by atoms with E-state index in [1.54, 1.807) is 0 Å². The van der Waals surface area contributed by atoms with Crippen molar-refractivity contribution in [3.8, 4) is 0 Å². The van der Waals surface area contributed by atoms with Crippen LogP contribution in [0.4, 0.5) is 0 Å². The van der Waals surface area contributed by atoms with Gasteiger partial charge in [0.05, 0.1) is 33.4 Å². The van der Waals surface area contributed by atoms with Gasteiger partial charge >= 0.3 is 5.54 Å². The molecule has 10 heteroatoms. The smallest absolute Gasteiger partial charge is 0.371 e. The lowest BCUT2D eigenvalue weighted by Gasteiger charge is -2.30.